The number of aryl methyl sites for hydroxylation is 1. The van der Waals surface area contributed by atoms with Crippen LogP contribution >= 0.6 is 0 Å². The number of hydrogen-bond acceptors (Lipinski definition) is 5. The average Bonchev–Trinajstić information content (AvgIpc) is 3.13. The van der Waals surface area contributed by atoms with Gasteiger partial charge in [-0.3, -0.25) is 0 Å². The van der Waals surface area contributed by atoms with Crippen LogP contribution < -0.4 is 4.72 Å². The number of halogens is 3. The first kappa shape index (κ1) is 21.9. The van der Waals surface area contributed by atoms with Crippen molar-refractivity contribution in [3.05, 3.63) is 65.2 Å². The second-order valence-electron chi connectivity index (χ2n) is 6.76. The van der Waals surface area contributed by atoms with Gasteiger partial charge in [-0.1, -0.05) is 36.4 Å². The summed E-state index contributed by atoms with van der Waals surface area (Å²) in [6.07, 6.45) is -2.36. The van der Waals surface area contributed by atoms with Gasteiger partial charge in [0.05, 0.1) is 18.4 Å². The lowest BCUT2D eigenvalue weighted by molar-refractivity contribution is -0.137. The highest BCUT2D eigenvalue weighted by Crippen LogP contribution is 2.30. The van der Waals surface area contributed by atoms with E-state index in [9.17, 15) is 21.6 Å². The Hall–Kier alpha value is -2.79. The van der Waals surface area contributed by atoms with Crippen LogP contribution in [0.25, 0.3) is 11.4 Å². The van der Waals surface area contributed by atoms with Crippen LogP contribution in [0.1, 0.15) is 23.1 Å². The molecule has 0 radical (unpaired) electrons. The Kier molecular flexibility index (Phi) is 6.52. The van der Waals surface area contributed by atoms with Crippen molar-refractivity contribution in [1.82, 2.24) is 24.9 Å². The summed E-state index contributed by atoms with van der Waals surface area (Å²) in [5.74, 6) is 0.397. The van der Waals surface area contributed by atoms with Crippen LogP contribution in [0.5, 0.6) is 0 Å². The fourth-order valence-electron chi connectivity index (χ4n) is 2.85. The topological polar surface area (TPSA) is 89.8 Å². The fourth-order valence-corrected chi connectivity index (χ4v) is 3.36. The Labute approximate surface area is 172 Å². The summed E-state index contributed by atoms with van der Waals surface area (Å²) in [4.78, 5) is 1.38. The van der Waals surface area contributed by atoms with Gasteiger partial charge in [0.1, 0.15) is 0 Å². The summed E-state index contributed by atoms with van der Waals surface area (Å²) in [6.45, 7) is 0.650. The van der Waals surface area contributed by atoms with E-state index in [0.29, 0.717) is 25.2 Å². The molecule has 160 valence electrons. The van der Waals surface area contributed by atoms with Crippen molar-refractivity contribution in [3.63, 3.8) is 0 Å². The van der Waals surface area contributed by atoms with Gasteiger partial charge in [-0.15, -0.1) is 10.2 Å². The summed E-state index contributed by atoms with van der Waals surface area (Å²) in [5.41, 5.74) is 1.64. The molecule has 0 saturated heterocycles. The van der Waals surface area contributed by atoms with E-state index < -0.39 is 21.8 Å². The predicted molar refractivity (Wildman–Crippen MR) is 105 cm³/mol. The van der Waals surface area contributed by atoms with E-state index in [1.807, 2.05) is 24.3 Å². The maximum absolute atomic E-state index is 12.7. The molecule has 1 aromatic heterocycles. The minimum atomic E-state index is -4.37. The molecule has 0 aliphatic rings. The Morgan fingerprint density at radius 3 is 2.43 bits per heavy atom. The van der Waals surface area contributed by atoms with Gasteiger partial charge >= 0.3 is 6.18 Å². The number of alkyl halides is 3. The summed E-state index contributed by atoms with van der Waals surface area (Å²) in [7, 11) is -3.24. The lowest BCUT2D eigenvalue weighted by Crippen LogP contribution is -2.24. The van der Waals surface area contributed by atoms with Gasteiger partial charge < -0.3 is 0 Å². The summed E-state index contributed by atoms with van der Waals surface area (Å²) >= 11 is 0. The van der Waals surface area contributed by atoms with E-state index >= 15 is 0 Å². The quantitative estimate of drug-likeness (QED) is 0.545. The van der Waals surface area contributed by atoms with Gasteiger partial charge in [0.25, 0.3) is 0 Å². The van der Waals surface area contributed by atoms with Crippen LogP contribution in [0.4, 0.5) is 13.2 Å². The van der Waals surface area contributed by atoms with E-state index in [0.717, 1.165) is 35.1 Å². The predicted octanol–water partition coefficient (Wildman–Crippen LogP) is 2.89. The molecular formula is C19H20F3N5O2S. The molecule has 0 aliphatic heterocycles. The molecule has 0 amide bonds. The van der Waals surface area contributed by atoms with Crippen molar-refractivity contribution >= 4 is 10.0 Å². The van der Waals surface area contributed by atoms with Crippen molar-refractivity contribution in [2.24, 2.45) is 0 Å². The molecule has 30 heavy (non-hydrogen) atoms. The number of benzene rings is 2. The zero-order valence-corrected chi connectivity index (χ0v) is 16.9. The smallest absolute Gasteiger partial charge is 0.215 e. The fraction of sp³-hybridized carbons (Fsp3) is 0.316. The minimum Gasteiger partial charge on any atom is -0.215 e. The lowest BCUT2D eigenvalue weighted by atomic mass is 9.98. The zero-order chi connectivity index (χ0) is 21.8. The largest absolute Gasteiger partial charge is 0.416 e. The second-order valence-corrected chi connectivity index (χ2v) is 8.59. The number of rotatable bonds is 8. The van der Waals surface area contributed by atoms with E-state index in [4.69, 9.17) is 0 Å². The van der Waals surface area contributed by atoms with Crippen LogP contribution in [0, 0.1) is 0 Å². The first-order valence-corrected chi connectivity index (χ1v) is 11.0. The molecule has 0 unspecified atom stereocenters. The SMILES string of the molecule is CS(=O)(=O)NCCCn1nnc(-c2ccccc2Cc2ccc(C(F)(F)F)cc2)n1. The normalized spacial score (nSPS) is 12.3. The number of nitrogens with zero attached hydrogens (tertiary/aromatic N) is 4. The first-order valence-electron chi connectivity index (χ1n) is 9.09. The van der Waals surface area contributed by atoms with Crippen molar-refractivity contribution < 1.29 is 21.6 Å². The van der Waals surface area contributed by atoms with E-state index in [2.05, 4.69) is 20.1 Å². The highest BCUT2D eigenvalue weighted by atomic mass is 32.2. The third-order valence-electron chi connectivity index (χ3n) is 4.29. The molecule has 3 rings (SSSR count). The second kappa shape index (κ2) is 8.92. The Morgan fingerprint density at radius 2 is 1.77 bits per heavy atom. The maximum atomic E-state index is 12.7. The summed E-state index contributed by atoms with van der Waals surface area (Å²) in [5, 5.41) is 12.4. The standard InChI is InChI=1S/C19H20F3N5O2S/c1-30(28,29)23-11-4-12-27-25-18(24-26-27)17-6-3-2-5-15(17)13-14-7-9-16(10-8-14)19(20,21)22/h2-3,5-10,23H,4,11-13H2,1H3. The van der Waals surface area contributed by atoms with Crippen LogP contribution in [-0.2, 0) is 29.2 Å². The molecule has 0 atom stereocenters. The zero-order valence-electron chi connectivity index (χ0n) is 16.1. The van der Waals surface area contributed by atoms with Crippen molar-refractivity contribution in [2.75, 3.05) is 12.8 Å². The summed E-state index contributed by atoms with van der Waals surface area (Å²) in [6, 6.07) is 12.4. The number of tetrazole rings is 1. The van der Waals surface area contributed by atoms with Crippen molar-refractivity contribution in [3.8, 4) is 11.4 Å². The molecule has 0 spiro atoms. The molecule has 3 aromatic rings. The molecule has 11 heteroatoms. The van der Waals surface area contributed by atoms with Crippen LogP contribution in [0.2, 0.25) is 0 Å². The molecule has 7 nitrogen and oxygen atoms in total. The van der Waals surface area contributed by atoms with Crippen LogP contribution in [-0.4, -0.2) is 41.4 Å². The molecular weight excluding hydrogens is 419 g/mol. The van der Waals surface area contributed by atoms with Crippen molar-refractivity contribution in [1.29, 1.82) is 0 Å². The van der Waals surface area contributed by atoms with Gasteiger partial charge in [0, 0.05) is 12.1 Å². The molecule has 1 heterocycles. The molecule has 0 saturated carbocycles. The third-order valence-corrected chi connectivity index (χ3v) is 5.01. The van der Waals surface area contributed by atoms with Gasteiger partial charge in [-0.2, -0.15) is 18.0 Å². The first-order chi connectivity index (χ1) is 14.1. The highest BCUT2D eigenvalue weighted by Gasteiger charge is 2.29. The van der Waals surface area contributed by atoms with Crippen LogP contribution in [0.3, 0.4) is 0 Å². The third kappa shape index (κ3) is 6.10. The molecule has 0 aliphatic carbocycles. The number of hydrogen-bond donors (Lipinski definition) is 1. The summed E-state index contributed by atoms with van der Waals surface area (Å²) < 4.78 is 62.8. The molecule has 0 bridgehead atoms. The monoisotopic (exact) mass is 439 g/mol. The maximum Gasteiger partial charge on any atom is 0.416 e. The number of sulfonamides is 1. The van der Waals surface area contributed by atoms with Gasteiger partial charge in [-0.05, 0) is 41.3 Å². The lowest BCUT2D eigenvalue weighted by Gasteiger charge is -2.09. The van der Waals surface area contributed by atoms with Gasteiger partial charge in [0.15, 0.2) is 0 Å². The van der Waals surface area contributed by atoms with E-state index in [1.165, 1.54) is 16.9 Å². The van der Waals surface area contributed by atoms with E-state index in [-0.39, 0.29) is 6.54 Å². The van der Waals surface area contributed by atoms with Gasteiger partial charge in [-0.25, -0.2) is 13.1 Å². The Balaban J connectivity index is 1.70. The van der Waals surface area contributed by atoms with Gasteiger partial charge in [0.2, 0.25) is 15.8 Å². The van der Waals surface area contributed by atoms with E-state index in [1.54, 1.807) is 0 Å². The average molecular weight is 439 g/mol. The number of nitrogens with one attached hydrogen (secondary N) is 1. The number of aromatic nitrogens is 4. The highest BCUT2D eigenvalue weighted by molar-refractivity contribution is 7.88. The molecule has 1 N–H and O–H groups in total. The van der Waals surface area contributed by atoms with Crippen molar-refractivity contribution in [2.45, 2.75) is 25.6 Å². The molecule has 0 fully saturated rings. The minimum absolute atomic E-state index is 0.264. The Bertz CT molecular complexity index is 1100. The molecule has 2 aromatic carbocycles. The van der Waals surface area contributed by atoms with Crippen LogP contribution in [0.15, 0.2) is 48.5 Å². The Morgan fingerprint density at radius 1 is 1.07 bits per heavy atom.